The average molecular weight is 380 g/mol. The zero-order chi connectivity index (χ0) is 19.7. The van der Waals surface area contributed by atoms with Crippen molar-refractivity contribution in [2.24, 2.45) is 11.8 Å². The van der Waals surface area contributed by atoms with E-state index in [-0.39, 0.29) is 29.8 Å². The van der Waals surface area contributed by atoms with E-state index < -0.39 is 5.82 Å². The van der Waals surface area contributed by atoms with E-state index in [1.165, 1.54) is 14.2 Å². The topological polar surface area (TPSA) is 66.9 Å². The van der Waals surface area contributed by atoms with Gasteiger partial charge in [0.2, 0.25) is 11.8 Å². The third kappa shape index (κ3) is 4.01. The predicted octanol–water partition coefficient (Wildman–Crippen LogP) is 1.64. The summed E-state index contributed by atoms with van der Waals surface area (Å²) in [6.45, 7) is 0.935. The van der Waals surface area contributed by atoms with Crippen molar-refractivity contribution in [3.05, 3.63) is 17.6 Å². The molecule has 1 aromatic rings. The molecule has 1 aliphatic carbocycles. The van der Waals surface area contributed by atoms with Crippen molar-refractivity contribution in [1.82, 2.24) is 20.1 Å². The Labute approximate surface area is 159 Å². The molecule has 3 rings (SSSR count). The van der Waals surface area contributed by atoms with E-state index in [9.17, 15) is 9.18 Å². The highest BCUT2D eigenvalue weighted by molar-refractivity contribution is 5.81. The molecule has 4 atom stereocenters. The highest BCUT2D eigenvalue weighted by atomic mass is 19.1. The number of ether oxygens (including phenoxy) is 2. The van der Waals surface area contributed by atoms with E-state index in [2.05, 4.69) is 15.2 Å². The first kappa shape index (κ1) is 19.8. The second-order valence-electron chi connectivity index (χ2n) is 7.71. The molecule has 27 heavy (non-hydrogen) atoms. The van der Waals surface area contributed by atoms with Gasteiger partial charge in [0.1, 0.15) is 0 Å². The number of carbonyl (C=O) groups excluding carboxylic acids is 1. The highest BCUT2D eigenvalue weighted by Gasteiger charge is 2.45. The Balaban J connectivity index is 1.70. The van der Waals surface area contributed by atoms with Gasteiger partial charge in [0.25, 0.3) is 0 Å². The average Bonchev–Trinajstić information content (AvgIpc) is 3.30. The number of pyridine rings is 1. The number of amides is 1. The largest absolute Gasteiger partial charge is 0.493 e. The van der Waals surface area contributed by atoms with Crippen LogP contribution >= 0.6 is 0 Å². The van der Waals surface area contributed by atoms with Gasteiger partial charge in [0.05, 0.1) is 32.1 Å². The Hall–Kier alpha value is -1.93. The summed E-state index contributed by atoms with van der Waals surface area (Å²) in [6, 6.07) is -0.139. The third-order valence-electron chi connectivity index (χ3n) is 5.58. The van der Waals surface area contributed by atoms with Gasteiger partial charge >= 0.3 is 0 Å². The Bertz CT molecular complexity index is 700. The maximum Gasteiger partial charge on any atom is 0.224 e. The third-order valence-corrected chi connectivity index (χ3v) is 5.58. The summed E-state index contributed by atoms with van der Waals surface area (Å²) in [6.07, 6.45) is 3.49. The number of rotatable bonds is 7. The molecule has 8 heteroatoms. The van der Waals surface area contributed by atoms with Crippen molar-refractivity contribution >= 4 is 5.91 Å². The zero-order valence-electron chi connectivity index (χ0n) is 16.7. The van der Waals surface area contributed by atoms with Crippen LogP contribution in [0.15, 0.2) is 6.20 Å². The summed E-state index contributed by atoms with van der Waals surface area (Å²) in [7, 11) is 8.92. The molecule has 0 spiro atoms. The fourth-order valence-electron chi connectivity index (χ4n) is 4.11. The van der Waals surface area contributed by atoms with E-state index in [1.807, 2.05) is 26.0 Å². The van der Waals surface area contributed by atoms with Crippen LogP contribution < -0.4 is 14.8 Å². The second kappa shape index (κ2) is 7.98. The first-order chi connectivity index (χ1) is 12.9. The number of carbonyl (C=O) groups is 1. The van der Waals surface area contributed by atoms with Crippen LogP contribution in [0.5, 0.6) is 11.6 Å². The number of aromatic nitrogens is 1. The van der Waals surface area contributed by atoms with Crippen LogP contribution in [-0.4, -0.2) is 68.8 Å². The van der Waals surface area contributed by atoms with Gasteiger partial charge in [0.15, 0.2) is 11.6 Å². The van der Waals surface area contributed by atoms with E-state index in [0.717, 1.165) is 32.0 Å². The summed E-state index contributed by atoms with van der Waals surface area (Å²) in [5.41, 5.74) is 0.594. The normalized spacial score (nSPS) is 27.7. The standard InChI is InChI=1S/C19H29FN4O3/c1-23(2)10-11-8-12(11)18(25)22-15-7-6-14(24(15)3)16-17(26-4)13(20)9-21-19(16)27-5/h9,11-12,14-15H,6-8,10H2,1-5H3,(H,22,25). The smallest absolute Gasteiger partial charge is 0.224 e. The molecule has 1 saturated heterocycles. The molecule has 0 radical (unpaired) electrons. The lowest BCUT2D eigenvalue weighted by Crippen LogP contribution is -2.44. The quantitative estimate of drug-likeness (QED) is 0.776. The molecule has 1 saturated carbocycles. The van der Waals surface area contributed by atoms with Gasteiger partial charge in [-0.1, -0.05) is 0 Å². The summed E-state index contributed by atoms with van der Waals surface area (Å²) >= 11 is 0. The lowest BCUT2D eigenvalue weighted by molar-refractivity contribution is -0.124. The highest BCUT2D eigenvalue weighted by Crippen LogP contribution is 2.44. The second-order valence-corrected chi connectivity index (χ2v) is 7.71. The summed E-state index contributed by atoms with van der Waals surface area (Å²) in [5.74, 6) is 0.633. The van der Waals surface area contributed by atoms with Gasteiger partial charge in [-0.3, -0.25) is 9.69 Å². The molecule has 150 valence electrons. The van der Waals surface area contributed by atoms with Crippen molar-refractivity contribution in [3.63, 3.8) is 0 Å². The predicted molar refractivity (Wildman–Crippen MR) is 99.1 cm³/mol. The minimum Gasteiger partial charge on any atom is -0.493 e. The minimum absolute atomic E-state index is 0.0965. The number of halogens is 1. The molecule has 2 heterocycles. The van der Waals surface area contributed by atoms with Crippen LogP contribution in [0.3, 0.4) is 0 Å². The molecular weight excluding hydrogens is 351 g/mol. The number of nitrogens with zero attached hydrogens (tertiary/aromatic N) is 3. The summed E-state index contributed by atoms with van der Waals surface area (Å²) < 4.78 is 24.8. The van der Waals surface area contributed by atoms with E-state index >= 15 is 0 Å². The van der Waals surface area contributed by atoms with Gasteiger partial charge in [-0.2, -0.15) is 0 Å². The van der Waals surface area contributed by atoms with Gasteiger partial charge in [0, 0.05) is 18.5 Å². The molecule has 0 bridgehead atoms. The summed E-state index contributed by atoms with van der Waals surface area (Å²) in [5, 5.41) is 3.16. The molecule has 2 aliphatic rings. The van der Waals surface area contributed by atoms with Crippen molar-refractivity contribution in [2.45, 2.75) is 31.5 Å². The van der Waals surface area contributed by atoms with E-state index in [0.29, 0.717) is 17.4 Å². The molecule has 1 aromatic heterocycles. The van der Waals surface area contributed by atoms with Crippen LogP contribution in [0.2, 0.25) is 0 Å². The molecule has 7 nitrogen and oxygen atoms in total. The fourth-order valence-corrected chi connectivity index (χ4v) is 4.11. The lowest BCUT2D eigenvalue weighted by Gasteiger charge is -2.28. The molecule has 1 aliphatic heterocycles. The van der Waals surface area contributed by atoms with Crippen molar-refractivity contribution in [1.29, 1.82) is 0 Å². The Kier molecular flexibility index (Phi) is 5.86. The number of nitrogens with one attached hydrogen (secondary N) is 1. The van der Waals surface area contributed by atoms with Crippen molar-refractivity contribution < 1.29 is 18.7 Å². The Morgan fingerprint density at radius 1 is 1.37 bits per heavy atom. The fraction of sp³-hybridized carbons (Fsp3) is 0.684. The molecule has 4 unspecified atom stereocenters. The maximum atomic E-state index is 14.2. The van der Waals surface area contributed by atoms with E-state index in [4.69, 9.17) is 9.47 Å². The minimum atomic E-state index is -0.515. The lowest BCUT2D eigenvalue weighted by atomic mass is 10.0. The number of likely N-dealkylation sites (tertiary alicyclic amines) is 1. The molecule has 1 N–H and O–H groups in total. The van der Waals surface area contributed by atoms with Crippen LogP contribution in [0.1, 0.15) is 30.9 Å². The number of hydrogen-bond donors (Lipinski definition) is 1. The molecule has 2 fully saturated rings. The molecular formula is C19H29FN4O3. The van der Waals surface area contributed by atoms with Crippen molar-refractivity contribution in [2.75, 3.05) is 41.9 Å². The zero-order valence-corrected chi connectivity index (χ0v) is 16.7. The molecule has 1 amide bonds. The number of methoxy groups -OCH3 is 2. The maximum absolute atomic E-state index is 14.2. The van der Waals surface area contributed by atoms with Gasteiger partial charge < -0.3 is 19.7 Å². The Morgan fingerprint density at radius 3 is 2.74 bits per heavy atom. The monoisotopic (exact) mass is 380 g/mol. The van der Waals surface area contributed by atoms with Gasteiger partial charge in [-0.05, 0) is 46.3 Å². The van der Waals surface area contributed by atoms with Gasteiger partial charge in [-0.25, -0.2) is 9.37 Å². The first-order valence-corrected chi connectivity index (χ1v) is 9.30. The van der Waals surface area contributed by atoms with E-state index in [1.54, 1.807) is 0 Å². The van der Waals surface area contributed by atoms with Crippen LogP contribution in [0, 0.1) is 17.7 Å². The van der Waals surface area contributed by atoms with Crippen LogP contribution in [0.25, 0.3) is 0 Å². The first-order valence-electron chi connectivity index (χ1n) is 9.30. The summed E-state index contributed by atoms with van der Waals surface area (Å²) in [4.78, 5) is 20.8. The van der Waals surface area contributed by atoms with Crippen LogP contribution in [-0.2, 0) is 4.79 Å². The molecule has 0 aromatic carbocycles. The number of hydrogen-bond acceptors (Lipinski definition) is 6. The van der Waals surface area contributed by atoms with Crippen LogP contribution in [0.4, 0.5) is 4.39 Å². The Morgan fingerprint density at radius 2 is 2.11 bits per heavy atom. The van der Waals surface area contributed by atoms with Gasteiger partial charge in [-0.15, -0.1) is 0 Å². The van der Waals surface area contributed by atoms with Crippen molar-refractivity contribution in [3.8, 4) is 11.6 Å². The SMILES string of the molecule is COc1ncc(F)c(OC)c1C1CCC(NC(=O)C2CC2CN(C)C)N1C.